The Kier molecular flexibility index (Phi) is 5.87. The average molecular weight is 449 g/mol. The molecule has 0 radical (unpaired) electrons. The molecular formula is C23H26F2N2O3S. The Morgan fingerprint density at radius 1 is 1.16 bits per heavy atom. The van der Waals surface area contributed by atoms with Crippen molar-refractivity contribution >= 4 is 15.9 Å². The second-order valence-corrected chi connectivity index (χ2v) is 10.4. The lowest BCUT2D eigenvalue weighted by Gasteiger charge is -2.44. The Morgan fingerprint density at radius 3 is 2.45 bits per heavy atom. The summed E-state index contributed by atoms with van der Waals surface area (Å²) in [4.78, 5) is 14.8. The zero-order valence-electron chi connectivity index (χ0n) is 17.5. The van der Waals surface area contributed by atoms with Gasteiger partial charge in [0.25, 0.3) is 0 Å². The maximum Gasteiger partial charge on any atom is 0.226 e. The molecule has 1 N–H and O–H groups in total. The van der Waals surface area contributed by atoms with E-state index in [0.717, 1.165) is 12.0 Å². The zero-order chi connectivity index (χ0) is 22.3. The molecule has 5 nitrogen and oxygen atoms in total. The van der Waals surface area contributed by atoms with Crippen LogP contribution in [0, 0.1) is 17.6 Å². The molecule has 1 aliphatic heterocycles. The number of benzene rings is 2. The summed E-state index contributed by atoms with van der Waals surface area (Å²) in [6.45, 7) is 3.94. The van der Waals surface area contributed by atoms with Crippen molar-refractivity contribution in [1.29, 1.82) is 0 Å². The van der Waals surface area contributed by atoms with Crippen molar-refractivity contribution in [3.05, 3.63) is 59.7 Å². The van der Waals surface area contributed by atoms with E-state index in [2.05, 4.69) is 4.72 Å². The summed E-state index contributed by atoms with van der Waals surface area (Å²) in [5.41, 5.74) is 1.17. The third-order valence-electron chi connectivity index (χ3n) is 6.37. The molecule has 1 heterocycles. The van der Waals surface area contributed by atoms with E-state index in [1.54, 1.807) is 30.9 Å². The van der Waals surface area contributed by atoms with Gasteiger partial charge in [-0.3, -0.25) is 4.79 Å². The standard InChI is InChI=1S/C23H26F2N2O3S/c1-3-31(29,30)26-14(2)21-11-12-27(21)23(28)18-13-17(18)15-7-4-5-8-16(15)22-19(24)9-6-10-20(22)25/h4-10,14,17-18,21,26H,3,11-13H2,1-2H3/t14-,17+,18-,21-/m1/s1. The summed E-state index contributed by atoms with van der Waals surface area (Å²) < 4.78 is 55.1. The minimum atomic E-state index is -3.35. The van der Waals surface area contributed by atoms with Gasteiger partial charge in [-0.2, -0.15) is 0 Å². The number of carbonyl (C=O) groups is 1. The maximum absolute atomic E-state index is 14.4. The summed E-state index contributed by atoms with van der Waals surface area (Å²) in [6, 6.07) is 10.3. The first-order valence-electron chi connectivity index (χ1n) is 10.6. The minimum Gasteiger partial charge on any atom is -0.338 e. The van der Waals surface area contributed by atoms with Crippen LogP contribution in [0.5, 0.6) is 0 Å². The van der Waals surface area contributed by atoms with Crippen LogP contribution in [-0.2, 0) is 14.8 Å². The predicted octanol–water partition coefficient (Wildman–Crippen LogP) is 3.66. The van der Waals surface area contributed by atoms with Crippen molar-refractivity contribution in [2.24, 2.45) is 5.92 Å². The fourth-order valence-corrected chi connectivity index (χ4v) is 5.36. The van der Waals surface area contributed by atoms with E-state index < -0.39 is 21.7 Å². The molecule has 0 unspecified atom stereocenters. The number of likely N-dealkylation sites (tertiary alicyclic amines) is 1. The number of amides is 1. The van der Waals surface area contributed by atoms with E-state index in [-0.39, 0.29) is 41.1 Å². The molecule has 2 aromatic rings. The first-order valence-corrected chi connectivity index (χ1v) is 12.2. The Balaban J connectivity index is 1.51. The molecular weight excluding hydrogens is 422 g/mol. The highest BCUT2D eigenvalue weighted by Gasteiger charge is 2.50. The lowest BCUT2D eigenvalue weighted by molar-refractivity contribution is -0.141. The Labute approximate surface area is 181 Å². The van der Waals surface area contributed by atoms with Gasteiger partial charge in [-0.15, -0.1) is 0 Å². The first-order chi connectivity index (χ1) is 14.7. The third-order valence-corrected chi connectivity index (χ3v) is 7.86. The van der Waals surface area contributed by atoms with Gasteiger partial charge in [0.1, 0.15) is 11.6 Å². The van der Waals surface area contributed by atoms with E-state index >= 15 is 0 Å². The van der Waals surface area contributed by atoms with Gasteiger partial charge in [-0.05, 0) is 55.9 Å². The van der Waals surface area contributed by atoms with Crippen LogP contribution in [0.2, 0.25) is 0 Å². The van der Waals surface area contributed by atoms with Gasteiger partial charge in [0.2, 0.25) is 15.9 Å². The van der Waals surface area contributed by atoms with Crippen molar-refractivity contribution in [3.63, 3.8) is 0 Å². The topological polar surface area (TPSA) is 66.5 Å². The second-order valence-electron chi connectivity index (χ2n) is 8.33. The van der Waals surface area contributed by atoms with Crippen LogP contribution in [-0.4, -0.2) is 43.6 Å². The summed E-state index contributed by atoms with van der Waals surface area (Å²) in [5.74, 6) is -1.65. The molecule has 166 valence electrons. The number of hydrogen-bond donors (Lipinski definition) is 1. The Hall–Kier alpha value is -2.32. The molecule has 0 spiro atoms. The molecule has 2 aliphatic rings. The summed E-state index contributed by atoms with van der Waals surface area (Å²) in [7, 11) is -3.35. The van der Waals surface area contributed by atoms with Gasteiger partial charge in [-0.1, -0.05) is 30.3 Å². The van der Waals surface area contributed by atoms with Crippen molar-refractivity contribution < 1.29 is 22.0 Å². The number of carbonyl (C=O) groups excluding carboxylic acids is 1. The predicted molar refractivity (Wildman–Crippen MR) is 115 cm³/mol. The van der Waals surface area contributed by atoms with E-state index in [1.807, 2.05) is 12.1 Å². The normalized spacial score (nSPS) is 23.9. The minimum absolute atomic E-state index is 0.00784. The van der Waals surface area contributed by atoms with Crippen LogP contribution in [0.4, 0.5) is 8.78 Å². The molecule has 0 aromatic heterocycles. The molecule has 1 saturated carbocycles. The van der Waals surface area contributed by atoms with Crippen molar-refractivity contribution in [2.75, 3.05) is 12.3 Å². The van der Waals surface area contributed by atoms with E-state index in [1.165, 1.54) is 18.2 Å². The highest BCUT2D eigenvalue weighted by Crippen LogP contribution is 2.52. The molecule has 1 amide bonds. The third kappa shape index (κ3) is 4.23. The molecule has 1 saturated heterocycles. The maximum atomic E-state index is 14.4. The second kappa shape index (κ2) is 8.31. The van der Waals surface area contributed by atoms with Gasteiger partial charge in [-0.25, -0.2) is 21.9 Å². The van der Waals surface area contributed by atoms with Gasteiger partial charge >= 0.3 is 0 Å². The van der Waals surface area contributed by atoms with Crippen molar-refractivity contribution in [1.82, 2.24) is 9.62 Å². The van der Waals surface area contributed by atoms with Crippen molar-refractivity contribution in [2.45, 2.75) is 44.7 Å². The monoisotopic (exact) mass is 448 g/mol. The molecule has 31 heavy (non-hydrogen) atoms. The van der Waals surface area contributed by atoms with Gasteiger partial charge in [0.05, 0.1) is 11.3 Å². The largest absolute Gasteiger partial charge is 0.338 e. The number of halogens is 2. The average Bonchev–Trinajstić information content (AvgIpc) is 3.47. The van der Waals surface area contributed by atoms with Gasteiger partial charge < -0.3 is 4.90 Å². The molecule has 4 atom stereocenters. The Morgan fingerprint density at radius 2 is 1.84 bits per heavy atom. The Bertz CT molecular complexity index is 1090. The number of sulfonamides is 1. The number of rotatable bonds is 7. The van der Waals surface area contributed by atoms with Crippen LogP contribution >= 0.6 is 0 Å². The van der Waals surface area contributed by atoms with Crippen LogP contribution in [0.15, 0.2) is 42.5 Å². The molecule has 0 bridgehead atoms. The smallest absolute Gasteiger partial charge is 0.226 e. The lowest BCUT2D eigenvalue weighted by Crippen LogP contribution is -2.60. The fourth-order valence-electron chi connectivity index (χ4n) is 4.47. The molecule has 8 heteroatoms. The van der Waals surface area contributed by atoms with Crippen LogP contribution < -0.4 is 4.72 Å². The number of nitrogens with zero attached hydrogens (tertiary/aromatic N) is 1. The molecule has 1 aliphatic carbocycles. The lowest BCUT2D eigenvalue weighted by atomic mass is 9.93. The van der Waals surface area contributed by atoms with Crippen LogP contribution in [0.25, 0.3) is 11.1 Å². The van der Waals surface area contributed by atoms with E-state index in [4.69, 9.17) is 0 Å². The van der Waals surface area contributed by atoms with Crippen LogP contribution in [0.3, 0.4) is 0 Å². The van der Waals surface area contributed by atoms with Crippen LogP contribution in [0.1, 0.15) is 38.2 Å². The number of nitrogens with one attached hydrogen (secondary N) is 1. The highest BCUT2D eigenvalue weighted by molar-refractivity contribution is 7.89. The van der Waals surface area contributed by atoms with Gasteiger partial charge in [0, 0.05) is 24.5 Å². The zero-order valence-corrected chi connectivity index (χ0v) is 18.3. The fraction of sp³-hybridized carbons (Fsp3) is 0.435. The SMILES string of the molecule is CCS(=O)(=O)N[C@H](C)[C@H]1CCN1C(=O)[C@@H]1C[C@H]1c1ccccc1-c1c(F)cccc1F. The van der Waals surface area contributed by atoms with Gasteiger partial charge in [0.15, 0.2) is 0 Å². The highest BCUT2D eigenvalue weighted by atomic mass is 32.2. The molecule has 4 rings (SSSR count). The summed E-state index contributed by atoms with van der Waals surface area (Å²) in [5, 5.41) is 0. The quantitative estimate of drug-likeness (QED) is 0.703. The van der Waals surface area contributed by atoms with E-state index in [9.17, 15) is 22.0 Å². The molecule has 2 aromatic carbocycles. The molecule has 2 fully saturated rings. The van der Waals surface area contributed by atoms with E-state index in [0.29, 0.717) is 18.5 Å². The summed E-state index contributed by atoms with van der Waals surface area (Å²) >= 11 is 0. The van der Waals surface area contributed by atoms with Crippen molar-refractivity contribution in [3.8, 4) is 11.1 Å². The number of hydrogen-bond acceptors (Lipinski definition) is 3. The summed E-state index contributed by atoms with van der Waals surface area (Å²) in [6.07, 6.45) is 1.36. The first kappa shape index (κ1) is 21.9.